The molecule has 0 spiro atoms. The number of rotatable bonds is 6. The van der Waals surface area contributed by atoms with E-state index in [1.807, 2.05) is 0 Å². The van der Waals surface area contributed by atoms with Gasteiger partial charge in [-0.2, -0.15) is 0 Å². The van der Waals surface area contributed by atoms with Crippen LogP contribution in [0.2, 0.25) is 0 Å². The maximum Gasteiger partial charge on any atom is 0.215 e. The molecule has 0 aliphatic carbocycles. The number of halogens is 1. The molecule has 15 heavy (non-hydrogen) atoms. The summed E-state index contributed by atoms with van der Waals surface area (Å²) in [4.78, 5) is 0. The fourth-order valence-corrected chi connectivity index (χ4v) is 4.36. The summed E-state index contributed by atoms with van der Waals surface area (Å²) < 4.78 is 46.1. The van der Waals surface area contributed by atoms with Gasteiger partial charge >= 0.3 is 0 Å². The van der Waals surface area contributed by atoms with Crippen molar-refractivity contribution in [3.05, 3.63) is 0 Å². The van der Waals surface area contributed by atoms with E-state index in [9.17, 15) is 16.8 Å². The second kappa shape index (κ2) is 5.60. The van der Waals surface area contributed by atoms with Gasteiger partial charge in [-0.05, 0) is 6.92 Å². The molecule has 0 heterocycles. The molecule has 0 rings (SSSR count). The molecule has 5 nitrogen and oxygen atoms in total. The first-order valence-corrected chi connectivity index (χ1v) is 9.08. The zero-order chi connectivity index (χ0) is 12.3. The number of nitrogens with zero attached hydrogens (tertiary/aromatic N) is 1. The Bertz CT molecular complexity index is 389. The number of sulfonamides is 1. The molecule has 0 fully saturated rings. The standard InChI is InChI=1S/C7H16BrNO4S2/c1-7(6-8)9(2)15(12,13)5-4-14(3,10)11/h7H,4-6H2,1-3H3. The van der Waals surface area contributed by atoms with Gasteiger partial charge in [-0.3, -0.25) is 0 Å². The second-order valence-electron chi connectivity index (χ2n) is 3.47. The number of sulfone groups is 1. The maximum atomic E-state index is 11.6. The van der Waals surface area contributed by atoms with Crippen molar-refractivity contribution in [2.75, 3.05) is 30.1 Å². The lowest BCUT2D eigenvalue weighted by Gasteiger charge is -2.22. The highest BCUT2D eigenvalue weighted by molar-refractivity contribution is 9.09. The second-order valence-corrected chi connectivity index (χ2v) is 8.52. The summed E-state index contributed by atoms with van der Waals surface area (Å²) in [5.41, 5.74) is 0. The lowest BCUT2D eigenvalue weighted by molar-refractivity contribution is 0.417. The van der Waals surface area contributed by atoms with Gasteiger partial charge in [0.1, 0.15) is 9.84 Å². The van der Waals surface area contributed by atoms with Crippen molar-refractivity contribution < 1.29 is 16.8 Å². The van der Waals surface area contributed by atoms with Crippen LogP contribution in [0, 0.1) is 0 Å². The van der Waals surface area contributed by atoms with Crippen LogP contribution in [0.1, 0.15) is 6.92 Å². The van der Waals surface area contributed by atoms with Crippen molar-refractivity contribution >= 4 is 35.8 Å². The summed E-state index contributed by atoms with van der Waals surface area (Å²) in [6.07, 6.45) is 1.02. The SMILES string of the molecule is CC(CBr)N(C)S(=O)(=O)CCS(C)(=O)=O. The average Bonchev–Trinajstić information content (AvgIpc) is 2.11. The van der Waals surface area contributed by atoms with Gasteiger partial charge in [0.25, 0.3) is 0 Å². The maximum absolute atomic E-state index is 11.6. The van der Waals surface area contributed by atoms with Crippen molar-refractivity contribution in [3.8, 4) is 0 Å². The van der Waals surface area contributed by atoms with E-state index in [1.165, 1.54) is 11.4 Å². The average molecular weight is 322 g/mol. The van der Waals surface area contributed by atoms with Gasteiger partial charge in [-0.1, -0.05) is 15.9 Å². The molecule has 8 heteroatoms. The predicted octanol–water partition coefficient (Wildman–Crippen LogP) is 0.0760. The topological polar surface area (TPSA) is 71.5 Å². The van der Waals surface area contributed by atoms with Crippen LogP contribution in [0.3, 0.4) is 0 Å². The van der Waals surface area contributed by atoms with Crippen LogP contribution >= 0.6 is 15.9 Å². The Kier molecular flexibility index (Phi) is 5.73. The van der Waals surface area contributed by atoms with E-state index in [1.54, 1.807) is 6.92 Å². The molecule has 1 atom stereocenters. The van der Waals surface area contributed by atoms with E-state index < -0.39 is 19.9 Å². The summed E-state index contributed by atoms with van der Waals surface area (Å²) in [6, 6.07) is -0.186. The van der Waals surface area contributed by atoms with Crippen molar-refractivity contribution in [1.29, 1.82) is 0 Å². The highest BCUT2D eigenvalue weighted by Crippen LogP contribution is 2.07. The zero-order valence-electron chi connectivity index (χ0n) is 8.97. The molecule has 0 bridgehead atoms. The Morgan fingerprint density at radius 3 is 2.00 bits per heavy atom. The van der Waals surface area contributed by atoms with E-state index in [0.717, 1.165) is 6.26 Å². The van der Waals surface area contributed by atoms with Crippen LogP contribution in [-0.4, -0.2) is 57.3 Å². The first-order valence-electron chi connectivity index (χ1n) is 4.29. The number of alkyl halides is 1. The quantitative estimate of drug-likeness (QED) is 0.649. The predicted molar refractivity (Wildman–Crippen MR) is 64.5 cm³/mol. The van der Waals surface area contributed by atoms with Gasteiger partial charge in [-0.15, -0.1) is 0 Å². The monoisotopic (exact) mass is 321 g/mol. The minimum absolute atomic E-state index is 0.186. The molecule has 0 saturated carbocycles. The summed E-state index contributed by atoms with van der Waals surface area (Å²) >= 11 is 3.17. The van der Waals surface area contributed by atoms with E-state index in [-0.39, 0.29) is 17.5 Å². The fraction of sp³-hybridized carbons (Fsp3) is 1.00. The Balaban J connectivity index is 4.57. The summed E-state index contributed by atoms with van der Waals surface area (Å²) in [5.74, 6) is -0.700. The third-order valence-corrected chi connectivity index (χ3v) is 6.09. The molecule has 0 aliphatic heterocycles. The molecular weight excluding hydrogens is 306 g/mol. The summed E-state index contributed by atoms with van der Waals surface area (Å²) in [5, 5.41) is 0.515. The molecule has 92 valence electrons. The lowest BCUT2D eigenvalue weighted by atomic mass is 10.4. The summed E-state index contributed by atoms with van der Waals surface area (Å²) in [7, 11) is -5.27. The molecule has 0 aromatic heterocycles. The van der Waals surface area contributed by atoms with Crippen LogP contribution in [0.15, 0.2) is 0 Å². The Morgan fingerprint density at radius 1 is 1.20 bits per heavy atom. The Labute approximate surface area is 99.9 Å². The van der Waals surface area contributed by atoms with Crippen LogP contribution in [0.5, 0.6) is 0 Å². The normalized spacial score (nSPS) is 15.5. The number of hydrogen-bond donors (Lipinski definition) is 0. The first-order chi connectivity index (χ1) is 6.60. The molecule has 0 saturated heterocycles. The first kappa shape index (κ1) is 15.3. The molecule has 0 amide bonds. The molecule has 0 radical (unpaired) electrons. The minimum atomic E-state index is -3.48. The molecule has 1 unspecified atom stereocenters. The van der Waals surface area contributed by atoms with Crippen LogP contribution in [0.25, 0.3) is 0 Å². The van der Waals surface area contributed by atoms with Crippen molar-refractivity contribution in [3.63, 3.8) is 0 Å². The highest BCUT2D eigenvalue weighted by Gasteiger charge is 2.23. The fourth-order valence-electron chi connectivity index (χ4n) is 0.772. The van der Waals surface area contributed by atoms with E-state index in [0.29, 0.717) is 5.33 Å². The van der Waals surface area contributed by atoms with Crippen molar-refractivity contribution in [1.82, 2.24) is 4.31 Å². The van der Waals surface area contributed by atoms with Crippen molar-refractivity contribution in [2.45, 2.75) is 13.0 Å². The van der Waals surface area contributed by atoms with Crippen LogP contribution < -0.4 is 0 Å². The number of hydrogen-bond acceptors (Lipinski definition) is 4. The molecular formula is C7H16BrNO4S2. The molecule has 0 aromatic rings. The van der Waals surface area contributed by atoms with Gasteiger partial charge in [0.2, 0.25) is 10.0 Å². The third-order valence-electron chi connectivity index (χ3n) is 1.99. The van der Waals surface area contributed by atoms with Crippen LogP contribution in [0.4, 0.5) is 0 Å². The van der Waals surface area contributed by atoms with Crippen molar-refractivity contribution in [2.24, 2.45) is 0 Å². The van der Waals surface area contributed by atoms with Crippen LogP contribution in [-0.2, 0) is 19.9 Å². The smallest absolute Gasteiger partial charge is 0.215 e. The summed E-state index contributed by atoms with van der Waals surface area (Å²) in [6.45, 7) is 1.74. The van der Waals surface area contributed by atoms with Gasteiger partial charge in [0.15, 0.2) is 0 Å². The van der Waals surface area contributed by atoms with E-state index >= 15 is 0 Å². The lowest BCUT2D eigenvalue weighted by Crippen LogP contribution is -2.38. The van der Waals surface area contributed by atoms with Gasteiger partial charge < -0.3 is 0 Å². The highest BCUT2D eigenvalue weighted by atomic mass is 79.9. The van der Waals surface area contributed by atoms with E-state index in [4.69, 9.17) is 0 Å². The molecule has 0 N–H and O–H groups in total. The Morgan fingerprint density at radius 2 is 1.67 bits per heavy atom. The third kappa shape index (κ3) is 5.84. The van der Waals surface area contributed by atoms with Gasteiger partial charge in [0.05, 0.1) is 11.5 Å². The van der Waals surface area contributed by atoms with E-state index in [2.05, 4.69) is 15.9 Å². The molecule has 0 aromatic carbocycles. The zero-order valence-corrected chi connectivity index (χ0v) is 12.2. The largest absolute Gasteiger partial charge is 0.229 e. The van der Waals surface area contributed by atoms with Gasteiger partial charge in [0, 0.05) is 24.7 Å². The minimum Gasteiger partial charge on any atom is -0.229 e. The Hall–Kier alpha value is 0.340. The van der Waals surface area contributed by atoms with Gasteiger partial charge in [-0.25, -0.2) is 21.1 Å². The molecule has 0 aliphatic rings.